The van der Waals surface area contributed by atoms with Crippen molar-refractivity contribution in [1.82, 2.24) is 15.1 Å². The largest absolute Gasteiger partial charge is 0.393 e. The zero-order valence-electron chi connectivity index (χ0n) is 9.87. The second kappa shape index (κ2) is 5.05. The van der Waals surface area contributed by atoms with E-state index >= 15 is 0 Å². The summed E-state index contributed by atoms with van der Waals surface area (Å²) in [7, 11) is 0. The van der Waals surface area contributed by atoms with Crippen LogP contribution in [-0.4, -0.2) is 26.3 Å². The summed E-state index contributed by atoms with van der Waals surface area (Å²) in [4.78, 5) is 8.29. The van der Waals surface area contributed by atoms with Gasteiger partial charge >= 0.3 is 0 Å². The van der Waals surface area contributed by atoms with Crippen LogP contribution in [0.3, 0.4) is 0 Å². The third-order valence-electron chi connectivity index (χ3n) is 2.68. The number of hydrogen-bond donors (Lipinski definition) is 1. The summed E-state index contributed by atoms with van der Waals surface area (Å²) in [5, 5.41) is 13.3. The average Bonchev–Trinajstić information content (AvgIpc) is 2.77. The van der Waals surface area contributed by atoms with Gasteiger partial charge in [-0.1, -0.05) is 18.1 Å². The second-order valence-electron chi connectivity index (χ2n) is 4.12. The predicted octanol–water partition coefficient (Wildman–Crippen LogP) is 1.54. The summed E-state index contributed by atoms with van der Waals surface area (Å²) in [5.74, 6) is 0.935. The Morgan fingerprint density at radius 3 is 2.88 bits per heavy atom. The average molecular weight is 233 g/mol. The molecule has 0 saturated carbocycles. The molecule has 0 aliphatic heterocycles. The molecule has 90 valence electrons. The highest BCUT2D eigenvalue weighted by Crippen LogP contribution is 2.17. The van der Waals surface area contributed by atoms with Crippen molar-refractivity contribution in [3.05, 3.63) is 41.8 Å². The lowest BCUT2D eigenvalue weighted by Crippen LogP contribution is -2.11. The molecule has 2 rings (SSSR count). The van der Waals surface area contributed by atoms with Crippen LogP contribution in [0.2, 0.25) is 0 Å². The van der Waals surface area contributed by atoms with Crippen molar-refractivity contribution in [2.45, 2.75) is 32.3 Å². The number of aliphatic hydroxyl groups excluding tert-OH is 1. The summed E-state index contributed by atoms with van der Waals surface area (Å²) < 4.78 is 5.12. The molecule has 0 bridgehead atoms. The first-order valence-electron chi connectivity index (χ1n) is 5.56. The summed E-state index contributed by atoms with van der Waals surface area (Å²) in [6.45, 7) is 3.56. The standard InChI is InChI=1S/C12H15N3O2/c1-8(9(2)16)12-14-11(15-17-12)6-10-4-3-5-13-7-10/h3-5,7-9,16H,6H2,1-2H3. The summed E-state index contributed by atoms with van der Waals surface area (Å²) >= 11 is 0. The number of pyridine rings is 1. The van der Waals surface area contributed by atoms with E-state index in [1.807, 2.05) is 19.1 Å². The fourth-order valence-corrected chi connectivity index (χ4v) is 1.42. The number of rotatable bonds is 4. The van der Waals surface area contributed by atoms with Crippen LogP contribution in [-0.2, 0) is 6.42 Å². The molecule has 1 N–H and O–H groups in total. The highest BCUT2D eigenvalue weighted by atomic mass is 16.5. The van der Waals surface area contributed by atoms with E-state index in [-0.39, 0.29) is 5.92 Å². The van der Waals surface area contributed by atoms with Gasteiger partial charge in [0.1, 0.15) is 0 Å². The summed E-state index contributed by atoms with van der Waals surface area (Å²) in [5.41, 5.74) is 1.03. The molecule has 17 heavy (non-hydrogen) atoms. The van der Waals surface area contributed by atoms with E-state index in [9.17, 15) is 5.11 Å². The van der Waals surface area contributed by atoms with Gasteiger partial charge in [-0.2, -0.15) is 4.98 Å². The first-order valence-corrected chi connectivity index (χ1v) is 5.56. The zero-order valence-corrected chi connectivity index (χ0v) is 9.87. The third kappa shape index (κ3) is 2.88. The van der Waals surface area contributed by atoms with Gasteiger partial charge < -0.3 is 9.63 Å². The SMILES string of the molecule is CC(O)C(C)c1nc(Cc2cccnc2)no1. The maximum Gasteiger partial charge on any atom is 0.232 e. The van der Waals surface area contributed by atoms with Crippen molar-refractivity contribution in [3.63, 3.8) is 0 Å². The second-order valence-corrected chi connectivity index (χ2v) is 4.12. The maximum absolute atomic E-state index is 9.44. The normalized spacial score (nSPS) is 14.5. The molecule has 0 amide bonds. The monoisotopic (exact) mass is 233 g/mol. The molecule has 0 radical (unpaired) electrons. The molecule has 2 heterocycles. The Kier molecular flexibility index (Phi) is 3.49. The predicted molar refractivity (Wildman–Crippen MR) is 61.4 cm³/mol. The van der Waals surface area contributed by atoms with Crippen LogP contribution in [0.5, 0.6) is 0 Å². The topological polar surface area (TPSA) is 72.0 Å². The van der Waals surface area contributed by atoms with Crippen LogP contribution >= 0.6 is 0 Å². The molecule has 2 atom stereocenters. The van der Waals surface area contributed by atoms with Crippen molar-refractivity contribution in [2.75, 3.05) is 0 Å². The molecule has 0 aliphatic carbocycles. The molecule has 0 fully saturated rings. The molecule has 0 spiro atoms. The van der Waals surface area contributed by atoms with E-state index in [4.69, 9.17) is 4.52 Å². The van der Waals surface area contributed by atoms with E-state index in [1.165, 1.54) is 0 Å². The van der Waals surface area contributed by atoms with E-state index in [0.717, 1.165) is 5.56 Å². The van der Waals surface area contributed by atoms with E-state index < -0.39 is 6.10 Å². The zero-order chi connectivity index (χ0) is 12.3. The first-order chi connectivity index (χ1) is 8.16. The van der Waals surface area contributed by atoms with Gasteiger partial charge in [-0.05, 0) is 18.6 Å². The van der Waals surface area contributed by atoms with Gasteiger partial charge in [-0.3, -0.25) is 4.98 Å². The molecule has 2 aromatic heterocycles. The van der Waals surface area contributed by atoms with Crippen LogP contribution in [0, 0.1) is 0 Å². The van der Waals surface area contributed by atoms with Gasteiger partial charge in [-0.25, -0.2) is 0 Å². The fraction of sp³-hybridized carbons (Fsp3) is 0.417. The Labute approximate surface area is 99.5 Å². The lowest BCUT2D eigenvalue weighted by atomic mass is 10.1. The van der Waals surface area contributed by atoms with E-state index in [0.29, 0.717) is 18.1 Å². The molecule has 5 heteroatoms. The molecular weight excluding hydrogens is 218 g/mol. The van der Waals surface area contributed by atoms with E-state index in [2.05, 4.69) is 15.1 Å². The Bertz CT molecular complexity index is 468. The van der Waals surface area contributed by atoms with Gasteiger partial charge in [0.2, 0.25) is 5.89 Å². The molecule has 0 saturated heterocycles. The third-order valence-corrected chi connectivity index (χ3v) is 2.68. The van der Waals surface area contributed by atoms with Gasteiger partial charge in [-0.15, -0.1) is 0 Å². The van der Waals surface area contributed by atoms with Crippen LogP contribution in [0.15, 0.2) is 29.0 Å². The lowest BCUT2D eigenvalue weighted by Gasteiger charge is -2.07. The van der Waals surface area contributed by atoms with Crippen molar-refractivity contribution < 1.29 is 9.63 Å². The Balaban J connectivity index is 2.09. The minimum atomic E-state index is -0.498. The molecular formula is C12H15N3O2. The van der Waals surface area contributed by atoms with Crippen LogP contribution in [0.4, 0.5) is 0 Å². The fourth-order valence-electron chi connectivity index (χ4n) is 1.42. The van der Waals surface area contributed by atoms with Crippen LogP contribution in [0.1, 0.15) is 37.0 Å². The number of aliphatic hydroxyl groups is 1. The molecule has 5 nitrogen and oxygen atoms in total. The number of hydrogen-bond acceptors (Lipinski definition) is 5. The smallest absolute Gasteiger partial charge is 0.232 e. The highest BCUT2D eigenvalue weighted by molar-refractivity contribution is 5.13. The maximum atomic E-state index is 9.44. The van der Waals surface area contributed by atoms with Crippen LogP contribution < -0.4 is 0 Å². The first kappa shape index (κ1) is 11.7. The quantitative estimate of drug-likeness (QED) is 0.867. The lowest BCUT2D eigenvalue weighted by molar-refractivity contribution is 0.151. The van der Waals surface area contributed by atoms with Crippen LogP contribution in [0.25, 0.3) is 0 Å². The number of nitrogens with zero attached hydrogens (tertiary/aromatic N) is 3. The Morgan fingerprint density at radius 1 is 1.41 bits per heavy atom. The Morgan fingerprint density at radius 2 is 2.24 bits per heavy atom. The van der Waals surface area contributed by atoms with Crippen molar-refractivity contribution in [2.24, 2.45) is 0 Å². The summed E-state index contributed by atoms with van der Waals surface area (Å²) in [6, 6.07) is 3.83. The molecule has 2 aromatic rings. The minimum absolute atomic E-state index is 0.148. The highest BCUT2D eigenvalue weighted by Gasteiger charge is 2.18. The van der Waals surface area contributed by atoms with Crippen molar-refractivity contribution in [1.29, 1.82) is 0 Å². The van der Waals surface area contributed by atoms with Gasteiger partial charge in [0.25, 0.3) is 0 Å². The van der Waals surface area contributed by atoms with Gasteiger partial charge in [0.15, 0.2) is 5.82 Å². The molecule has 0 aliphatic rings. The summed E-state index contributed by atoms with van der Waals surface area (Å²) in [6.07, 6.45) is 3.58. The van der Waals surface area contributed by atoms with E-state index in [1.54, 1.807) is 19.3 Å². The van der Waals surface area contributed by atoms with Crippen molar-refractivity contribution in [3.8, 4) is 0 Å². The van der Waals surface area contributed by atoms with Crippen molar-refractivity contribution >= 4 is 0 Å². The van der Waals surface area contributed by atoms with Gasteiger partial charge in [0.05, 0.1) is 12.0 Å². The number of aromatic nitrogens is 3. The molecule has 2 unspecified atom stereocenters. The minimum Gasteiger partial charge on any atom is -0.393 e. The Hall–Kier alpha value is -1.75. The molecule has 0 aromatic carbocycles. The van der Waals surface area contributed by atoms with Gasteiger partial charge in [0, 0.05) is 18.8 Å².